The third kappa shape index (κ3) is 2.83. The minimum absolute atomic E-state index is 0.0975. The van der Waals surface area contributed by atoms with Crippen molar-refractivity contribution in [3.63, 3.8) is 0 Å². The molecule has 3 aromatic rings. The first kappa shape index (κ1) is 14.6. The van der Waals surface area contributed by atoms with Crippen molar-refractivity contribution in [2.24, 2.45) is 0 Å². The summed E-state index contributed by atoms with van der Waals surface area (Å²) >= 11 is 0. The number of furan rings is 1. The molecule has 0 amide bonds. The smallest absolute Gasteiger partial charge is 0.176 e. The van der Waals surface area contributed by atoms with Gasteiger partial charge in [-0.1, -0.05) is 12.1 Å². The van der Waals surface area contributed by atoms with Gasteiger partial charge in [0, 0.05) is 23.8 Å². The van der Waals surface area contributed by atoms with Crippen molar-refractivity contribution >= 4 is 11.0 Å². The molecule has 0 radical (unpaired) electrons. The standard InChI is InChI=1S/C18H20N2O2/c1-12(14-7-9-19-10-8-14)20-13(2)17-11-15-5-4-6-16(21-3)18(15)22-17/h4-13,20H,1-3H3/t12-,13-/m1/s1. The largest absolute Gasteiger partial charge is 0.493 e. The van der Waals surface area contributed by atoms with Crippen molar-refractivity contribution in [1.29, 1.82) is 0 Å². The Kier molecular flexibility index (Phi) is 4.11. The van der Waals surface area contributed by atoms with Crippen LogP contribution in [0.5, 0.6) is 5.75 Å². The van der Waals surface area contributed by atoms with E-state index in [0.717, 1.165) is 22.5 Å². The fourth-order valence-electron chi connectivity index (χ4n) is 2.64. The highest BCUT2D eigenvalue weighted by molar-refractivity contribution is 5.83. The second-order valence-corrected chi connectivity index (χ2v) is 5.42. The maximum Gasteiger partial charge on any atom is 0.176 e. The number of para-hydroxylation sites is 1. The highest BCUT2D eigenvalue weighted by Gasteiger charge is 2.16. The third-order valence-electron chi connectivity index (χ3n) is 3.88. The van der Waals surface area contributed by atoms with Gasteiger partial charge < -0.3 is 14.5 Å². The second kappa shape index (κ2) is 6.20. The van der Waals surface area contributed by atoms with E-state index in [1.165, 1.54) is 5.56 Å². The minimum atomic E-state index is 0.0975. The Labute approximate surface area is 130 Å². The molecule has 1 N–H and O–H groups in total. The molecule has 22 heavy (non-hydrogen) atoms. The van der Waals surface area contributed by atoms with Crippen molar-refractivity contribution in [3.8, 4) is 5.75 Å². The summed E-state index contributed by atoms with van der Waals surface area (Å²) in [5, 5.41) is 4.60. The first-order valence-electron chi connectivity index (χ1n) is 7.41. The van der Waals surface area contributed by atoms with E-state index in [9.17, 15) is 0 Å². The summed E-state index contributed by atoms with van der Waals surface area (Å²) < 4.78 is 11.3. The lowest BCUT2D eigenvalue weighted by Crippen LogP contribution is -2.22. The van der Waals surface area contributed by atoms with Crippen LogP contribution in [0.15, 0.2) is 53.2 Å². The number of hydrogen-bond donors (Lipinski definition) is 1. The first-order chi connectivity index (χ1) is 10.7. The van der Waals surface area contributed by atoms with Crippen LogP contribution in [-0.4, -0.2) is 12.1 Å². The summed E-state index contributed by atoms with van der Waals surface area (Å²) in [7, 11) is 1.66. The molecule has 0 fully saturated rings. The number of nitrogens with zero attached hydrogens (tertiary/aromatic N) is 1. The lowest BCUT2D eigenvalue weighted by Gasteiger charge is -2.18. The number of ether oxygens (including phenoxy) is 1. The molecule has 0 unspecified atom stereocenters. The predicted octanol–water partition coefficient (Wildman–Crippen LogP) is 4.25. The summed E-state index contributed by atoms with van der Waals surface area (Å²) in [4.78, 5) is 4.05. The van der Waals surface area contributed by atoms with Gasteiger partial charge in [0.15, 0.2) is 11.3 Å². The molecule has 0 saturated carbocycles. The third-order valence-corrected chi connectivity index (χ3v) is 3.88. The Morgan fingerprint density at radius 2 is 1.86 bits per heavy atom. The molecule has 0 aliphatic carbocycles. The van der Waals surface area contributed by atoms with Gasteiger partial charge in [-0.05, 0) is 43.7 Å². The normalized spacial score (nSPS) is 14.0. The number of fused-ring (bicyclic) bond motifs is 1. The van der Waals surface area contributed by atoms with Gasteiger partial charge in [-0.2, -0.15) is 0 Å². The molecule has 2 atom stereocenters. The second-order valence-electron chi connectivity index (χ2n) is 5.42. The van der Waals surface area contributed by atoms with Gasteiger partial charge in [0.25, 0.3) is 0 Å². The zero-order chi connectivity index (χ0) is 15.5. The zero-order valence-electron chi connectivity index (χ0n) is 13.0. The highest BCUT2D eigenvalue weighted by Crippen LogP contribution is 2.31. The molecule has 4 heteroatoms. The van der Waals surface area contributed by atoms with E-state index >= 15 is 0 Å². The van der Waals surface area contributed by atoms with Gasteiger partial charge in [-0.3, -0.25) is 4.98 Å². The van der Waals surface area contributed by atoms with Gasteiger partial charge >= 0.3 is 0 Å². The number of hydrogen-bond acceptors (Lipinski definition) is 4. The van der Waals surface area contributed by atoms with Crippen LogP contribution in [0.4, 0.5) is 0 Å². The summed E-state index contributed by atoms with van der Waals surface area (Å²) in [5.41, 5.74) is 2.00. The van der Waals surface area contributed by atoms with Crippen molar-refractivity contribution in [1.82, 2.24) is 10.3 Å². The Bertz CT molecular complexity index is 752. The van der Waals surface area contributed by atoms with E-state index in [1.807, 2.05) is 42.7 Å². The lowest BCUT2D eigenvalue weighted by atomic mass is 10.1. The van der Waals surface area contributed by atoms with Gasteiger partial charge in [0.05, 0.1) is 13.2 Å². The maximum atomic E-state index is 5.99. The monoisotopic (exact) mass is 296 g/mol. The molecular weight excluding hydrogens is 276 g/mol. The molecule has 0 spiro atoms. The molecule has 3 rings (SSSR count). The van der Waals surface area contributed by atoms with Crippen LogP contribution in [0, 0.1) is 0 Å². The quantitative estimate of drug-likeness (QED) is 0.764. The lowest BCUT2D eigenvalue weighted by molar-refractivity contribution is 0.391. The minimum Gasteiger partial charge on any atom is -0.493 e. The maximum absolute atomic E-state index is 5.99. The molecule has 114 valence electrons. The first-order valence-corrected chi connectivity index (χ1v) is 7.41. The number of rotatable bonds is 5. The highest BCUT2D eigenvalue weighted by atomic mass is 16.5. The van der Waals surface area contributed by atoms with Crippen molar-refractivity contribution in [2.75, 3.05) is 7.11 Å². The molecule has 2 heterocycles. The van der Waals surface area contributed by atoms with E-state index < -0.39 is 0 Å². The van der Waals surface area contributed by atoms with E-state index in [-0.39, 0.29) is 12.1 Å². The number of nitrogens with one attached hydrogen (secondary N) is 1. The van der Waals surface area contributed by atoms with Gasteiger partial charge in [-0.15, -0.1) is 0 Å². The Hall–Kier alpha value is -2.33. The Morgan fingerprint density at radius 3 is 2.59 bits per heavy atom. The zero-order valence-corrected chi connectivity index (χ0v) is 13.0. The molecule has 0 aliphatic rings. The summed E-state index contributed by atoms with van der Waals surface area (Å²) in [5.74, 6) is 1.67. The van der Waals surface area contributed by atoms with Crippen LogP contribution in [0.2, 0.25) is 0 Å². The van der Waals surface area contributed by atoms with Crippen LogP contribution in [0.25, 0.3) is 11.0 Å². The summed E-state index contributed by atoms with van der Waals surface area (Å²) in [6, 6.07) is 12.3. The molecule has 2 aromatic heterocycles. The van der Waals surface area contributed by atoms with Gasteiger partial charge in [-0.25, -0.2) is 0 Å². The van der Waals surface area contributed by atoms with Crippen molar-refractivity contribution in [3.05, 3.63) is 60.1 Å². The molecular formula is C18H20N2O2. The van der Waals surface area contributed by atoms with Crippen molar-refractivity contribution in [2.45, 2.75) is 25.9 Å². The molecule has 0 saturated heterocycles. The van der Waals surface area contributed by atoms with E-state index in [1.54, 1.807) is 7.11 Å². The van der Waals surface area contributed by atoms with E-state index in [2.05, 4.69) is 30.2 Å². The predicted molar refractivity (Wildman–Crippen MR) is 87.0 cm³/mol. The topological polar surface area (TPSA) is 47.3 Å². The molecule has 1 aromatic carbocycles. The van der Waals surface area contributed by atoms with Crippen LogP contribution in [0.1, 0.15) is 37.3 Å². The number of benzene rings is 1. The fourth-order valence-corrected chi connectivity index (χ4v) is 2.64. The molecule has 0 aliphatic heterocycles. The molecule has 4 nitrogen and oxygen atoms in total. The Morgan fingerprint density at radius 1 is 1.09 bits per heavy atom. The number of methoxy groups -OCH3 is 1. The van der Waals surface area contributed by atoms with Crippen molar-refractivity contribution < 1.29 is 9.15 Å². The van der Waals surface area contributed by atoms with Crippen LogP contribution in [-0.2, 0) is 0 Å². The summed E-state index contributed by atoms with van der Waals surface area (Å²) in [6.07, 6.45) is 3.62. The van der Waals surface area contributed by atoms with E-state index in [4.69, 9.17) is 9.15 Å². The van der Waals surface area contributed by atoms with Crippen LogP contribution >= 0.6 is 0 Å². The molecule has 0 bridgehead atoms. The van der Waals surface area contributed by atoms with Gasteiger partial charge in [0.2, 0.25) is 0 Å². The average Bonchev–Trinajstić information content (AvgIpc) is 2.99. The summed E-state index contributed by atoms with van der Waals surface area (Å²) in [6.45, 7) is 4.23. The van der Waals surface area contributed by atoms with Gasteiger partial charge in [0.1, 0.15) is 5.76 Å². The number of pyridine rings is 1. The Balaban J connectivity index is 1.82. The van der Waals surface area contributed by atoms with E-state index in [0.29, 0.717) is 0 Å². The number of aromatic nitrogens is 1. The SMILES string of the molecule is COc1cccc2cc([C@@H](C)N[C@H](C)c3ccncc3)oc12. The van der Waals surface area contributed by atoms with Crippen LogP contribution < -0.4 is 10.1 Å². The van der Waals surface area contributed by atoms with Crippen LogP contribution in [0.3, 0.4) is 0 Å². The average molecular weight is 296 g/mol. The fraction of sp³-hybridized carbons (Fsp3) is 0.278.